The number of rotatable bonds is 9. The average molecular weight is 358 g/mol. The lowest BCUT2D eigenvalue weighted by Gasteiger charge is -2.28. The van der Waals surface area contributed by atoms with Gasteiger partial charge in [-0.05, 0) is 58.4 Å². The van der Waals surface area contributed by atoms with Crippen LogP contribution in [0.1, 0.15) is 53.9 Å². The van der Waals surface area contributed by atoms with Gasteiger partial charge in [-0.3, -0.25) is 9.78 Å². The summed E-state index contributed by atoms with van der Waals surface area (Å²) in [5.41, 5.74) is 0.620. The van der Waals surface area contributed by atoms with E-state index in [4.69, 9.17) is 9.47 Å². The summed E-state index contributed by atoms with van der Waals surface area (Å²) < 4.78 is 11.6. The first kappa shape index (κ1) is 20.2. The highest BCUT2D eigenvalue weighted by Crippen LogP contribution is 2.32. The van der Waals surface area contributed by atoms with Crippen molar-refractivity contribution in [2.45, 2.75) is 65.6 Å². The van der Waals surface area contributed by atoms with Gasteiger partial charge in [-0.25, -0.2) is 0 Å². The molecule has 0 saturated heterocycles. The molecule has 1 atom stereocenters. The number of aromatic nitrogens is 1. The third-order valence-electron chi connectivity index (χ3n) is 4.29. The molecule has 0 saturated carbocycles. The van der Waals surface area contributed by atoms with Crippen molar-refractivity contribution in [3.63, 3.8) is 0 Å². The second-order valence-electron chi connectivity index (χ2n) is 6.90. The van der Waals surface area contributed by atoms with Crippen molar-refractivity contribution in [2.75, 3.05) is 11.9 Å². The van der Waals surface area contributed by atoms with Gasteiger partial charge in [0, 0.05) is 18.2 Å². The molecule has 0 aliphatic carbocycles. The molecule has 0 fully saturated rings. The molecule has 0 spiro atoms. The van der Waals surface area contributed by atoms with Gasteiger partial charge in [-0.2, -0.15) is 0 Å². The summed E-state index contributed by atoms with van der Waals surface area (Å²) in [5, 5.41) is 3.90. The number of hydrogen-bond donors (Lipinski definition) is 1. The number of benzene rings is 1. The lowest BCUT2D eigenvalue weighted by atomic mass is 9.97. The highest BCUT2D eigenvalue weighted by molar-refractivity contribution is 6.05. The third kappa shape index (κ3) is 4.73. The SMILES string of the molecule is CCCCC(C)(OCC)C(=O)Nc1ccc(OC(C)C)c2ncccc12. The Morgan fingerprint density at radius 3 is 2.69 bits per heavy atom. The van der Waals surface area contributed by atoms with Crippen molar-refractivity contribution in [3.8, 4) is 5.75 Å². The van der Waals surface area contributed by atoms with E-state index in [2.05, 4.69) is 17.2 Å². The number of carbonyl (C=O) groups excluding carboxylic acids is 1. The van der Waals surface area contributed by atoms with E-state index in [1.165, 1.54) is 0 Å². The third-order valence-corrected chi connectivity index (χ3v) is 4.29. The highest BCUT2D eigenvalue weighted by Gasteiger charge is 2.33. The fraction of sp³-hybridized carbons (Fsp3) is 0.524. The highest BCUT2D eigenvalue weighted by atomic mass is 16.5. The molecule has 26 heavy (non-hydrogen) atoms. The Labute approximate surface area is 156 Å². The molecule has 142 valence electrons. The van der Waals surface area contributed by atoms with Crippen LogP contribution in [-0.4, -0.2) is 29.2 Å². The molecule has 2 rings (SSSR count). The van der Waals surface area contributed by atoms with Gasteiger partial charge in [0.2, 0.25) is 0 Å². The summed E-state index contributed by atoms with van der Waals surface area (Å²) in [6.07, 6.45) is 4.42. The van der Waals surface area contributed by atoms with Crippen LogP contribution in [0.15, 0.2) is 30.5 Å². The number of fused-ring (bicyclic) bond motifs is 1. The molecule has 5 nitrogen and oxygen atoms in total. The van der Waals surface area contributed by atoms with Crippen LogP contribution in [0.2, 0.25) is 0 Å². The second-order valence-corrected chi connectivity index (χ2v) is 6.90. The van der Waals surface area contributed by atoms with Crippen molar-refractivity contribution in [1.82, 2.24) is 4.98 Å². The topological polar surface area (TPSA) is 60.5 Å². The van der Waals surface area contributed by atoms with Crippen molar-refractivity contribution < 1.29 is 14.3 Å². The van der Waals surface area contributed by atoms with Gasteiger partial charge >= 0.3 is 0 Å². The van der Waals surface area contributed by atoms with Crippen LogP contribution in [0, 0.1) is 0 Å². The van der Waals surface area contributed by atoms with E-state index in [1.807, 2.05) is 52.0 Å². The molecule has 0 radical (unpaired) electrons. The number of ether oxygens (including phenoxy) is 2. The minimum Gasteiger partial charge on any atom is -0.489 e. The molecule has 0 bridgehead atoms. The Balaban J connectivity index is 2.34. The molecule has 2 aromatic rings. The number of hydrogen-bond acceptors (Lipinski definition) is 4. The minimum atomic E-state index is -0.841. The number of anilines is 1. The maximum Gasteiger partial charge on any atom is 0.256 e. The minimum absolute atomic E-state index is 0.0518. The zero-order valence-electron chi connectivity index (χ0n) is 16.5. The van der Waals surface area contributed by atoms with Crippen LogP contribution in [-0.2, 0) is 9.53 Å². The Kier molecular flexibility index (Phi) is 6.98. The van der Waals surface area contributed by atoms with Gasteiger partial charge < -0.3 is 14.8 Å². The van der Waals surface area contributed by atoms with Crippen LogP contribution in [0.5, 0.6) is 5.75 Å². The predicted molar refractivity (Wildman–Crippen MR) is 106 cm³/mol. The Hall–Kier alpha value is -2.14. The van der Waals surface area contributed by atoms with E-state index < -0.39 is 5.60 Å². The molecular weight excluding hydrogens is 328 g/mol. The lowest BCUT2D eigenvalue weighted by molar-refractivity contribution is -0.139. The smallest absolute Gasteiger partial charge is 0.256 e. The van der Waals surface area contributed by atoms with Crippen molar-refractivity contribution >= 4 is 22.5 Å². The fourth-order valence-electron chi connectivity index (χ4n) is 2.94. The second kappa shape index (κ2) is 8.99. The van der Waals surface area contributed by atoms with E-state index in [0.717, 1.165) is 29.4 Å². The maximum absolute atomic E-state index is 12.9. The quantitative estimate of drug-likeness (QED) is 0.689. The lowest BCUT2D eigenvalue weighted by Crippen LogP contribution is -2.42. The average Bonchev–Trinajstić information content (AvgIpc) is 2.62. The van der Waals surface area contributed by atoms with Crippen LogP contribution < -0.4 is 10.1 Å². The van der Waals surface area contributed by atoms with Crippen LogP contribution in [0.3, 0.4) is 0 Å². The molecule has 0 aliphatic heterocycles. The van der Waals surface area contributed by atoms with Gasteiger partial charge in [-0.15, -0.1) is 0 Å². The number of nitrogens with one attached hydrogen (secondary N) is 1. The summed E-state index contributed by atoms with van der Waals surface area (Å²) >= 11 is 0. The summed E-state index contributed by atoms with van der Waals surface area (Å²) in [5.74, 6) is 0.586. The largest absolute Gasteiger partial charge is 0.489 e. The Morgan fingerprint density at radius 1 is 1.27 bits per heavy atom. The monoisotopic (exact) mass is 358 g/mol. The number of amides is 1. The molecule has 1 amide bonds. The predicted octanol–water partition coefficient (Wildman–Crippen LogP) is 4.95. The molecule has 1 aromatic heterocycles. The number of carbonyl (C=O) groups is 1. The van der Waals surface area contributed by atoms with Gasteiger partial charge in [0.05, 0.1) is 11.8 Å². The van der Waals surface area contributed by atoms with Gasteiger partial charge in [0.1, 0.15) is 16.9 Å². The van der Waals surface area contributed by atoms with E-state index >= 15 is 0 Å². The molecule has 1 N–H and O–H groups in total. The van der Waals surface area contributed by atoms with E-state index in [9.17, 15) is 4.79 Å². The molecule has 1 aromatic carbocycles. The summed E-state index contributed by atoms with van der Waals surface area (Å²) in [6, 6.07) is 7.52. The van der Waals surface area contributed by atoms with E-state index in [-0.39, 0.29) is 12.0 Å². The summed E-state index contributed by atoms with van der Waals surface area (Å²) in [6.45, 7) is 10.3. The first-order valence-corrected chi connectivity index (χ1v) is 9.41. The zero-order valence-corrected chi connectivity index (χ0v) is 16.5. The standard InChI is InChI=1S/C21H30N2O3/c1-6-8-13-21(5,25-7-2)20(24)23-17-11-12-18(26-15(3)4)19-16(17)10-9-14-22-19/h9-12,14-15H,6-8,13H2,1-5H3,(H,23,24). The number of unbranched alkanes of at least 4 members (excludes halogenated alkanes) is 1. The number of pyridine rings is 1. The van der Waals surface area contributed by atoms with Crippen LogP contribution >= 0.6 is 0 Å². The van der Waals surface area contributed by atoms with Crippen molar-refractivity contribution in [3.05, 3.63) is 30.5 Å². The number of nitrogens with zero attached hydrogens (tertiary/aromatic N) is 1. The normalized spacial score (nSPS) is 13.6. The first-order chi connectivity index (χ1) is 12.4. The van der Waals surface area contributed by atoms with Crippen molar-refractivity contribution in [2.24, 2.45) is 0 Å². The van der Waals surface area contributed by atoms with Crippen molar-refractivity contribution in [1.29, 1.82) is 0 Å². The molecule has 1 heterocycles. The fourth-order valence-corrected chi connectivity index (χ4v) is 2.94. The molecule has 1 unspecified atom stereocenters. The van der Waals surface area contributed by atoms with Gasteiger partial charge in [0.25, 0.3) is 5.91 Å². The zero-order chi connectivity index (χ0) is 19.2. The maximum atomic E-state index is 12.9. The van der Waals surface area contributed by atoms with Gasteiger partial charge in [-0.1, -0.05) is 19.8 Å². The summed E-state index contributed by atoms with van der Waals surface area (Å²) in [4.78, 5) is 17.4. The van der Waals surface area contributed by atoms with Crippen LogP contribution in [0.25, 0.3) is 10.9 Å². The Morgan fingerprint density at radius 2 is 2.04 bits per heavy atom. The van der Waals surface area contributed by atoms with E-state index in [0.29, 0.717) is 18.8 Å². The van der Waals surface area contributed by atoms with Gasteiger partial charge in [0.15, 0.2) is 0 Å². The molecule has 5 heteroatoms. The molecular formula is C21H30N2O3. The Bertz CT molecular complexity index is 745. The molecule has 0 aliphatic rings. The van der Waals surface area contributed by atoms with Crippen LogP contribution in [0.4, 0.5) is 5.69 Å². The first-order valence-electron chi connectivity index (χ1n) is 9.41. The van der Waals surface area contributed by atoms with E-state index in [1.54, 1.807) is 6.20 Å². The summed E-state index contributed by atoms with van der Waals surface area (Å²) in [7, 11) is 0.